The van der Waals surface area contributed by atoms with Crippen LogP contribution in [0.4, 0.5) is 0 Å². The van der Waals surface area contributed by atoms with Gasteiger partial charge in [0.15, 0.2) is 0 Å². The highest BCUT2D eigenvalue weighted by Crippen LogP contribution is 2.34. The number of likely N-dealkylation sites (tertiary alicyclic amines) is 1. The number of hydrogen-bond donors (Lipinski definition) is 2. The highest BCUT2D eigenvalue weighted by Gasteiger charge is 2.56. The number of carbonyl (C=O) groups is 1. The standard InChI is InChI=1S/C11H16N4O2/c1-14-3-2-8(13-14)6-15-9-4-11(7-16,10(15)17)12-5-9/h2-3,9,12,16H,4-7H2,1H3. The second kappa shape index (κ2) is 3.54. The quantitative estimate of drug-likeness (QED) is 0.695. The van der Waals surface area contributed by atoms with Crippen LogP contribution in [-0.2, 0) is 18.4 Å². The molecule has 2 aliphatic rings. The van der Waals surface area contributed by atoms with E-state index in [1.165, 1.54) is 0 Å². The number of nitrogens with one attached hydrogen (secondary N) is 1. The van der Waals surface area contributed by atoms with E-state index in [9.17, 15) is 9.90 Å². The molecule has 2 atom stereocenters. The Kier molecular flexibility index (Phi) is 2.24. The van der Waals surface area contributed by atoms with Crippen LogP contribution in [0.5, 0.6) is 0 Å². The Morgan fingerprint density at radius 2 is 2.53 bits per heavy atom. The first-order valence-electron chi connectivity index (χ1n) is 5.80. The lowest BCUT2D eigenvalue weighted by molar-refractivity contribution is -0.138. The van der Waals surface area contributed by atoms with Crippen molar-refractivity contribution < 1.29 is 9.90 Å². The van der Waals surface area contributed by atoms with E-state index < -0.39 is 5.54 Å². The van der Waals surface area contributed by atoms with Crippen LogP contribution in [0.2, 0.25) is 0 Å². The van der Waals surface area contributed by atoms with E-state index in [-0.39, 0.29) is 18.6 Å². The van der Waals surface area contributed by atoms with Crippen molar-refractivity contribution in [3.05, 3.63) is 18.0 Å². The Labute approximate surface area is 99.2 Å². The Balaban J connectivity index is 1.80. The molecule has 3 heterocycles. The maximum Gasteiger partial charge on any atom is 0.245 e. The predicted molar refractivity (Wildman–Crippen MR) is 60.0 cm³/mol. The molecule has 1 aromatic rings. The summed E-state index contributed by atoms with van der Waals surface area (Å²) >= 11 is 0. The van der Waals surface area contributed by atoms with Crippen LogP contribution in [0, 0.1) is 0 Å². The summed E-state index contributed by atoms with van der Waals surface area (Å²) in [7, 11) is 1.86. The zero-order valence-corrected chi connectivity index (χ0v) is 9.76. The summed E-state index contributed by atoms with van der Waals surface area (Å²) in [5, 5.41) is 16.8. The van der Waals surface area contributed by atoms with E-state index in [4.69, 9.17) is 0 Å². The van der Waals surface area contributed by atoms with Gasteiger partial charge in [0, 0.05) is 25.8 Å². The molecule has 2 fully saturated rings. The number of rotatable bonds is 3. The Hall–Kier alpha value is -1.40. The van der Waals surface area contributed by atoms with Crippen molar-refractivity contribution in [2.75, 3.05) is 13.2 Å². The molecule has 0 aliphatic carbocycles. The molecule has 6 heteroatoms. The molecule has 1 aromatic heterocycles. The number of aromatic nitrogens is 2. The first-order chi connectivity index (χ1) is 8.14. The molecule has 2 saturated heterocycles. The van der Waals surface area contributed by atoms with Gasteiger partial charge >= 0.3 is 0 Å². The number of amides is 1. The fourth-order valence-corrected chi connectivity index (χ4v) is 2.79. The van der Waals surface area contributed by atoms with E-state index in [2.05, 4.69) is 10.4 Å². The fourth-order valence-electron chi connectivity index (χ4n) is 2.79. The predicted octanol–water partition coefficient (Wildman–Crippen LogP) is -1.14. The normalized spacial score (nSPS) is 31.5. The molecule has 0 radical (unpaired) electrons. The van der Waals surface area contributed by atoms with Crippen LogP contribution in [0.3, 0.4) is 0 Å². The molecule has 2 bridgehead atoms. The van der Waals surface area contributed by atoms with Gasteiger partial charge in [-0.3, -0.25) is 14.8 Å². The maximum absolute atomic E-state index is 12.2. The van der Waals surface area contributed by atoms with E-state index >= 15 is 0 Å². The second-order valence-electron chi connectivity index (χ2n) is 4.89. The number of carbonyl (C=O) groups excluding carboxylic acids is 1. The highest BCUT2D eigenvalue weighted by atomic mass is 16.3. The number of aliphatic hydroxyl groups is 1. The maximum atomic E-state index is 12.2. The third-order valence-electron chi connectivity index (χ3n) is 3.74. The molecule has 92 valence electrons. The first kappa shape index (κ1) is 10.7. The number of piperazine rings is 1. The van der Waals surface area contributed by atoms with Crippen molar-refractivity contribution in [2.45, 2.75) is 24.5 Å². The zero-order valence-electron chi connectivity index (χ0n) is 9.76. The van der Waals surface area contributed by atoms with Gasteiger partial charge < -0.3 is 10.0 Å². The topological polar surface area (TPSA) is 70.4 Å². The molecule has 0 spiro atoms. The lowest BCUT2D eigenvalue weighted by atomic mass is 10.0. The minimum absolute atomic E-state index is 0.00176. The lowest BCUT2D eigenvalue weighted by Gasteiger charge is -2.31. The van der Waals surface area contributed by atoms with Crippen molar-refractivity contribution in [3.63, 3.8) is 0 Å². The zero-order chi connectivity index (χ0) is 12.0. The number of aryl methyl sites for hydroxylation is 1. The second-order valence-corrected chi connectivity index (χ2v) is 4.89. The monoisotopic (exact) mass is 236 g/mol. The minimum atomic E-state index is -0.723. The molecule has 2 N–H and O–H groups in total. The first-order valence-corrected chi connectivity index (χ1v) is 5.80. The molecule has 17 heavy (non-hydrogen) atoms. The molecule has 0 saturated carbocycles. The molecule has 0 aromatic carbocycles. The van der Waals surface area contributed by atoms with Crippen molar-refractivity contribution in [1.82, 2.24) is 20.0 Å². The molecule has 1 amide bonds. The van der Waals surface area contributed by atoms with Gasteiger partial charge in [-0.05, 0) is 12.5 Å². The van der Waals surface area contributed by atoms with Gasteiger partial charge in [-0.1, -0.05) is 0 Å². The molecular weight excluding hydrogens is 220 g/mol. The summed E-state index contributed by atoms with van der Waals surface area (Å²) in [5.41, 5.74) is 0.167. The summed E-state index contributed by atoms with van der Waals surface area (Å²) in [6.07, 6.45) is 2.57. The average Bonchev–Trinajstić information content (AvgIpc) is 2.97. The average molecular weight is 236 g/mol. The smallest absolute Gasteiger partial charge is 0.245 e. The summed E-state index contributed by atoms with van der Waals surface area (Å²) < 4.78 is 1.73. The summed E-state index contributed by atoms with van der Waals surface area (Å²) in [4.78, 5) is 14.0. The Morgan fingerprint density at radius 1 is 1.71 bits per heavy atom. The third kappa shape index (κ3) is 1.48. The fraction of sp³-hybridized carbons (Fsp3) is 0.636. The lowest BCUT2D eigenvalue weighted by Crippen LogP contribution is -2.57. The van der Waals surface area contributed by atoms with Gasteiger partial charge in [-0.15, -0.1) is 0 Å². The van der Waals surface area contributed by atoms with Gasteiger partial charge in [0.1, 0.15) is 5.54 Å². The van der Waals surface area contributed by atoms with E-state index in [1.807, 2.05) is 24.2 Å². The SMILES string of the molecule is Cn1ccc(CN2C(=O)C3(CO)CC2CN3)n1. The highest BCUT2D eigenvalue weighted by molar-refractivity contribution is 5.90. The summed E-state index contributed by atoms with van der Waals surface area (Å²) in [5.74, 6) is 0.00176. The van der Waals surface area contributed by atoms with Crippen molar-refractivity contribution in [1.29, 1.82) is 0 Å². The van der Waals surface area contributed by atoms with Crippen LogP contribution in [-0.4, -0.2) is 50.4 Å². The van der Waals surface area contributed by atoms with Crippen molar-refractivity contribution in [2.24, 2.45) is 7.05 Å². The van der Waals surface area contributed by atoms with Gasteiger partial charge in [-0.25, -0.2) is 0 Å². The van der Waals surface area contributed by atoms with Crippen molar-refractivity contribution in [3.8, 4) is 0 Å². The molecule has 2 aliphatic heterocycles. The van der Waals surface area contributed by atoms with Gasteiger partial charge in [0.2, 0.25) is 5.91 Å². The van der Waals surface area contributed by atoms with Gasteiger partial charge in [0.05, 0.1) is 18.8 Å². The third-order valence-corrected chi connectivity index (χ3v) is 3.74. The number of aliphatic hydroxyl groups excluding tert-OH is 1. The molecule has 2 unspecified atom stereocenters. The minimum Gasteiger partial charge on any atom is -0.394 e. The van der Waals surface area contributed by atoms with E-state index in [1.54, 1.807) is 4.68 Å². The van der Waals surface area contributed by atoms with Crippen LogP contribution in [0.15, 0.2) is 12.3 Å². The Morgan fingerprint density at radius 3 is 3.12 bits per heavy atom. The Bertz CT molecular complexity index is 458. The molecule has 6 nitrogen and oxygen atoms in total. The number of hydrogen-bond acceptors (Lipinski definition) is 4. The van der Waals surface area contributed by atoms with Crippen LogP contribution in [0.25, 0.3) is 0 Å². The van der Waals surface area contributed by atoms with E-state index in [0.29, 0.717) is 13.0 Å². The van der Waals surface area contributed by atoms with Crippen molar-refractivity contribution >= 4 is 5.91 Å². The van der Waals surface area contributed by atoms with Gasteiger partial charge in [0.25, 0.3) is 0 Å². The molecular formula is C11H16N4O2. The number of nitrogens with zero attached hydrogens (tertiary/aromatic N) is 3. The van der Waals surface area contributed by atoms with Crippen LogP contribution >= 0.6 is 0 Å². The van der Waals surface area contributed by atoms with Crippen LogP contribution in [0.1, 0.15) is 12.1 Å². The van der Waals surface area contributed by atoms with Crippen LogP contribution < -0.4 is 5.32 Å². The largest absolute Gasteiger partial charge is 0.394 e. The van der Waals surface area contributed by atoms with E-state index in [0.717, 1.165) is 12.2 Å². The summed E-state index contributed by atoms with van der Waals surface area (Å²) in [6, 6.07) is 2.11. The molecule has 3 rings (SSSR count). The van der Waals surface area contributed by atoms with Gasteiger partial charge in [-0.2, -0.15) is 5.10 Å². The summed E-state index contributed by atoms with van der Waals surface area (Å²) in [6.45, 7) is 1.17. The number of fused-ring (bicyclic) bond motifs is 2.